The molecule has 2 amide bonds. The van der Waals surface area contributed by atoms with Gasteiger partial charge in [-0.3, -0.25) is 9.59 Å². The number of hydrogen-bond donors (Lipinski definition) is 0. The largest absolute Gasteiger partial charge is 0.310 e. The number of nitrogens with zero attached hydrogens (tertiary/aromatic N) is 2. The maximum absolute atomic E-state index is 12.9. The molecule has 0 atom stereocenters. The first-order valence-electron chi connectivity index (χ1n) is 6.87. The Morgan fingerprint density at radius 1 is 0.957 bits per heavy atom. The van der Waals surface area contributed by atoms with E-state index in [1.165, 1.54) is 22.7 Å². The first-order chi connectivity index (χ1) is 10.9. The summed E-state index contributed by atoms with van der Waals surface area (Å²) >= 11 is 9.95. The molecule has 0 fully saturated rings. The van der Waals surface area contributed by atoms with Crippen molar-refractivity contribution in [3.05, 3.63) is 29.5 Å². The van der Waals surface area contributed by atoms with Gasteiger partial charge < -0.3 is 9.80 Å². The van der Waals surface area contributed by atoms with E-state index in [9.17, 15) is 9.59 Å². The summed E-state index contributed by atoms with van der Waals surface area (Å²) in [4.78, 5) is 30.7. The topological polar surface area (TPSA) is 40.6 Å². The van der Waals surface area contributed by atoms with Crippen LogP contribution in [0.1, 0.15) is 16.7 Å². The van der Waals surface area contributed by atoms with E-state index in [0.29, 0.717) is 17.7 Å². The standard InChI is InChI=1S/C15H10Br2N2O2S2/c1-3-19-7-5-9(17)23-13(7)11(15(19)21)10-12-6(4-8(16)22-12)18(2)14(10)20/h4-5H,3H2,1-2H3/b11-10+. The van der Waals surface area contributed by atoms with E-state index in [1.54, 1.807) is 16.8 Å². The highest BCUT2D eigenvalue weighted by atomic mass is 79.9. The van der Waals surface area contributed by atoms with Crippen LogP contribution in [0.4, 0.5) is 11.4 Å². The first-order valence-corrected chi connectivity index (χ1v) is 10.1. The number of fused-ring (bicyclic) bond motifs is 2. The molecule has 0 aliphatic carbocycles. The lowest BCUT2D eigenvalue weighted by Gasteiger charge is -2.13. The van der Waals surface area contributed by atoms with Crippen molar-refractivity contribution >= 4 is 88.9 Å². The van der Waals surface area contributed by atoms with Crippen LogP contribution in [-0.2, 0) is 9.59 Å². The van der Waals surface area contributed by atoms with E-state index in [0.717, 1.165) is 28.7 Å². The van der Waals surface area contributed by atoms with Gasteiger partial charge in [-0.1, -0.05) is 0 Å². The summed E-state index contributed by atoms with van der Waals surface area (Å²) in [6, 6.07) is 3.87. The summed E-state index contributed by atoms with van der Waals surface area (Å²) in [7, 11) is 1.75. The SMILES string of the molecule is CCN1C(=O)/C(=C2/C(=O)N(C)c3cc(Br)sc32)c2sc(Br)cc21. The quantitative estimate of drug-likeness (QED) is 0.568. The number of anilines is 2. The van der Waals surface area contributed by atoms with Crippen LogP contribution >= 0.6 is 54.5 Å². The van der Waals surface area contributed by atoms with Gasteiger partial charge in [0, 0.05) is 13.6 Å². The Labute approximate surface area is 157 Å². The number of hydrogen-bond acceptors (Lipinski definition) is 4. The Bertz CT molecular complexity index is 913. The number of carbonyl (C=O) groups is 2. The zero-order valence-corrected chi connectivity index (χ0v) is 17.0. The van der Waals surface area contributed by atoms with Gasteiger partial charge in [0.2, 0.25) is 0 Å². The molecule has 4 nitrogen and oxygen atoms in total. The Hall–Kier alpha value is -0.960. The number of rotatable bonds is 1. The van der Waals surface area contributed by atoms with Crippen LogP contribution in [0.2, 0.25) is 0 Å². The molecule has 8 heteroatoms. The van der Waals surface area contributed by atoms with Crippen LogP contribution in [0, 0.1) is 0 Å². The van der Waals surface area contributed by atoms with E-state index < -0.39 is 0 Å². The first kappa shape index (κ1) is 15.6. The number of thiophene rings is 2. The average Bonchev–Trinajstić information content (AvgIpc) is 3.16. The van der Waals surface area contributed by atoms with Gasteiger partial charge in [0.25, 0.3) is 11.8 Å². The molecule has 0 saturated heterocycles. The Morgan fingerprint density at radius 3 is 2.09 bits per heavy atom. The monoisotopic (exact) mass is 472 g/mol. The molecule has 0 radical (unpaired) electrons. The van der Waals surface area contributed by atoms with Crippen molar-refractivity contribution in [3.63, 3.8) is 0 Å². The van der Waals surface area contributed by atoms with E-state index in [-0.39, 0.29) is 11.8 Å². The Morgan fingerprint density at radius 2 is 1.48 bits per heavy atom. The van der Waals surface area contributed by atoms with Gasteiger partial charge in [-0.2, -0.15) is 0 Å². The zero-order valence-electron chi connectivity index (χ0n) is 12.1. The highest BCUT2D eigenvalue weighted by Crippen LogP contribution is 2.52. The summed E-state index contributed by atoms with van der Waals surface area (Å²) < 4.78 is 1.91. The minimum Gasteiger partial charge on any atom is -0.310 e. The fourth-order valence-corrected chi connectivity index (χ4v) is 6.28. The second-order valence-corrected chi connectivity index (χ2v) is 10.1. The Balaban J connectivity index is 2.04. The minimum absolute atomic E-state index is 0.0876. The van der Waals surface area contributed by atoms with Crippen LogP contribution in [0.25, 0.3) is 11.1 Å². The normalized spacial score (nSPS) is 19.8. The number of likely N-dealkylation sites (N-methyl/N-ethyl adjacent to an activating group) is 2. The fraction of sp³-hybridized carbons (Fsp3) is 0.200. The van der Waals surface area contributed by atoms with Crippen molar-refractivity contribution in [1.29, 1.82) is 0 Å². The molecule has 2 aromatic heterocycles. The molecule has 118 valence electrons. The maximum atomic E-state index is 12.9. The minimum atomic E-state index is -0.115. The van der Waals surface area contributed by atoms with Gasteiger partial charge in [-0.15, -0.1) is 22.7 Å². The molecule has 4 heterocycles. The van der Waals surface area contributed by atoms with Crippen LogP contribution in [0.5, 0.6) is 0 Å². The van der Waals surface area contributed by atoms with E-state index >= 15 is 0 Å². The van der Waals surface area contributed by atoms with Gasteiger partial charge >= 0.3 is 0 Å². The molecular weight excluding hydrogens is 464 g/mol. The smallest absolute Gasteiger partial charge is 0.260 e. The van der Waals surface area contributed by atoms with Crippen LogP contribution < -0.4 is 9.80 Å². The highest BCUT2D eigenvalue weighted by molar-refractivity contribution is 9.11. The lowest BCUT2D eigenvalue weighted by atomic mass is 10.1. The van der Waals surface area contributed by atoms with Crippen LogP contribution in [0.3, 0.4) is 0 Å². The number of halogens is 2. The fourth-order valence-electron chi connectivity index (χ4n) is 2.98. The van der Waals surface area contributed by atoms with Gasteiger partial charge in [-0.25, -0.2) is 0 Å². The van der Waals surface area contributed by atoms with Crippen molar-refractivity contribution < 1.29 is 9.59 Å². The molecule has 0 aromatic carbocycles. The molecule has 0 unspecified atom stereocenters. The second-order valence-electron chi connectivity index (χ2n) is 5.19. The highest BCUT2D eigenvalue weighted by Gasteiger charge is 2.42. The van der Waals surface area contributed by atoms with Crippen molar-refractivity contribution in [2.75, 3.05) is 23.4 Å². The molecule has 4 rings (SSSR count). The summed E-state index contributed by atoms with van der Waals surface area (Å²) in [5, 5.41) is 0. The third-order valence-electron chi connectivity index (χ3n) is 4.01. The van der Waals surface area contributed by atoms with Gasteiger partial charge in [0.1, 0.15) is 0 Å². The molecule has 0 N–H and O–H groups in total. The van der Waals surface area contributed by atoms with Crippen molar-refractivity contribution in [1.82, 2.24) is 0 Å². The van der Waals surface area contributed by atoms with E-state index in [4.69, 9.17) is 0 Å². The number of amides is 2. The molecule has 0 bridgehead atoms. The van der Waals surface area contributed by atoms with Crippen LogP contribution in [-0.4, -0.2) is 25.4 Å². The third-order valence-corrected chi connectivity index (χ3v) is 7.30. The molecule has 23 heavy (non-hydrogen) atoms. The summed E-state index contributed by atoms with van der Waals surface area (Å²) in [6.07, 6.45) is 0. The molecule has 2 aromatic rings. The molecular formula is C15H10Br2N2O2S2. The van der Waals surface area contributed by atoms with Crippen LogP contribution in [0.15, 0.2) is 19.7 Å². The lowest BCUT2D eigenvalue weighted by molar-refractivity contribution is -0.114. The Kier molecular flexibility index (Phi) is 3.57. The predicted molar refractivity (Wildman–Crippen MR) is 102 cm³/mol. The summed E-state index contributed by atoms with van der Waals surface area (Å²) in [5.41, 5.74) is 2.79. The number of carbonyl (C=O) groups excluding carboxylic acids is 2. The van der Waals surface area contributed by atoms with E-state index in [2.05, 4.69) is 31.9 Å². The third kappa shape index (κ3) is 2.05. The summed E-state index contributed by atoms with van der Waals surface area (Å²) in [5.74, 6) is -0.203. The van der Waals surface area contributed by atoms with Gasteiger partial charge in [0.15, 0.2) is 0 Å². The maximum Gasteiger partial charge on any atom is 0.260 e. The molecule has 2 aliphatic heterocycles. The second kappa shape index (κ2) is 5.27. The zero-order chi connectivity index (χ0) is 16.5. The molecule has 0 saturated carbocycles. The lowest BCUT2D eigenvalue weighted by Crippen LogP contribution is -2.27. The van der Waals surface area contributed by atoms with Crippen molar-refractivity contribution in [2.24, 2.45) is 0 Å². The molecule has 0 spiro atoms. The predicted octanol–water partition coefficient (Wildman–Crippen LogP) is 4.59. The molecule has 2 aliphatic rings. The van der Waals surface area contributed by atoms with Gasteiger partial charge in [0.05, 0.1) is 39.8 Å². The van der Waals surface area contributed by atoms with Crippen molar-refractivity contribution in [2.45, 2.75) is 6.92 Å². The van der Waals surface area contributed by atoms with Gasteiger partial charge in [-0.05, 0) is 50.9 Å². The average molecular weight is 474 g/mol. The van der Waals surface area contributed by atoms with Crippen molar-refractivity contribution in [3.8, 4) is 0 Å². The summed E-state index contributed by atoms with van der Waals surface area (Å²) in [6.45, 7) is 2.52. The van der Waals surface area contributed by atoms with E-state index in [1.807, 2.05) is 19.1 Å².